The molecule has 4 heterocycles. The molecule has 0 atom stereocenters. The van der Waals surface area contributed by atoms with Gasteiger partial charge in [0, 0.05) is 30.9 Å². The second-order valence-electron chi connectivity index (χ2n) is 8.37. The van der Waals surface area contributed by atoms with Gasteiger partial charge in [-0.1, -0.05) is 24.3 Å². The molecule has 0 saturated heterocycles. The number of carbonyl (C=O) groups is 1. The summed E-state index contributed by atoms with van der Waals surface area (Å²) in [6.07, 6.45) is 6.54. The number of Topliss-reactive ketones (excluding diaryl/α,β-unsaturated/α-hetero) is 1. The van der Waals surface area contributed by atoms with Crippen LogP contribution in [0.1, 0.15) is 21.6 Å². The molecule has 10 nitrogen and oxygen atoms in total. The van der Waals surface area contributed by atoms with Gasteiger partial charge in [0.05, 0.1) is 32.0 Å². The van der Waals surface area contributed by atoms with E-state index in [0.717, 1.165) is 16.5 Å². The molecule has 0 aliphatic rings. The molecule has 11 heteroatoms. The summed E-state index contributed by atoms with van der Waals surface area (Å²) >= 11 is 1.34. The van der Waals surface area contributed by atoms with E-state index in [-0.39, 0.29) is 12.2 Å². The number of methoxy groups -OCH3 is 2. The van der Waals surface area contributed by atoms with Crippen molar-refractivity contribution >= 4 is 33.1 Å². The second kappa shape index (κ2) is 9.94. The number of nitrogens with zero attached hydrogens (tertiary/aromatic N) is 5. The van der Waals surface area contributed by atoms with Gasteiger partial charge in [-0.25, -0.2) is 14.5 Å². The Morgan fingerprint density at radius 1 is 1.08 bits per heavy atom. The maximum Gasteiger partial charge on any atom is 0.294 e. The molecule has 6 aromatic rings. The first-order valence-corrected chi connectivity index (χ1v) is 12.4. The Morgan fingerprint density at radius 3 is 2.76 bits per heavy atom. The SMILES string of the molecule is COc1cc(OCc2cccc(CC(=O)c3cnccn3)c2)c2cc(-c3cn4nc(OC)sc4n3)oc2c1. The van der Waals surface area contributed by atoms with Crippen LogP contribution in [0, 0.1) is 0 Å². The lowest BCUT2D eigenvalue weighted by atomic mass is 10.0. The van der Waals surface area contributed by atoms with Crippen molar-refractivity contribution in [3.8, 4) is 28.1 Å². The standard InChI is InChI=1S/C27H21N5O5S/c1-34-18-10-23(36-15-17-5-3-4-16(8-17)9-22(33)20-13-28-6-7-29-20)19-12-25(37-24(19)11-18)21-14-32-26(30-21)38-27(31-32)35-2/h3-8,10-14H,9,15H2,1-2H3. The molecule has 38 heavy (non-hydrogen) atoms. The third-order valence-corrected chi connectivity index (χ3v) is 6.74. The molecule has 4 aromatic heterocycles. The van der Waals surface area contributed by atoms with E-state index in [4.69, 9.17) is 18.6 Å². The number of ether oxygens (including phenoxy) is 3. The van der Waals surface area contributed by atoms with Crippen LogP contribution in [-0.4, -0.2) is 44.6 Å². The van der Waals surface area contributed by atoms with E-state index in [9.17, 15) is 4.79 Å². The van der Waals surface area contributed by atoms with Crippen LogP contribution < -0.4 is 14.2 Å². The van der Waals surface area contributed by atoms with Crippen molar-refractivity contribution in [2.75, 3.05) is 14.2 Å². The zero-order valence-electron chi connectivity index (χ0n) is 20.5. The van der Waals surface area contributed by atoms with E-state index in [1.165, 1.54) is 23.7 Å². The largest absolute Gasteiger partial charge is 0.496 e. The molecule has 0 unspecified atom stereocenters. The zero-order chi connectivity index (χ0) is 26.1. The van der Waals surface area contributed by atoms with Gasteiger partial charge in [0.1, 0.15) is 35.1 Å². The quantitative estimate of drug-likeness (QED) is 0.239. The molecule has 0 aliphatic carbocycles. The summed E-state index contributed by atoms with van der Waals surface area (Å²) in [7, 11) is 3.16. The van der Waals surface area contributed by atoms with Gasteiger partial charge in [-0.2, -0.15) is 0 Å². The molecule has 0 aliphatic heterocycles. The van der Waals surface area contributed by atoms with Crippen LogP contribution in [0.3, 0.4) is 0 Å². The van der Waals surface area contributed by atoms with Crippen LogP contribution in [-0.2, 0) is 13.0 Å². The molecule has 0 radical (unpaired) electrons. The van der Waals surface area contributed by atoms with E-state index < -0.39 is 0 Å². The molecule has 0 N–H and O–H groups in total. The fourth-order valence-electron chi connectivity index (χ4n) is 4.04. The summed E-state index contributed by atoms with van der Waals surface area (Å²) in [5, 5.41) is 5.64. The molecule has 190 valence electrons. The summed E-state index contributed by atoms with van der Waals surface area (Å²) in [6, 6.07) is 13.2. The van der Waals surface area contributed by atoms with Crippen LogP contribution in [0.15, 0.2) is 71.7 Å². The molecule has 0 amide bonds. The molecule has 0 saturated carbocycles. The van der Waals surface area contributed by atoms with E-state index in [1.54, 1.807) is 31.1 Å². The zero-order valence-corrected chi connectivity index (χ0v) is 21.3. The minimum Gasteiger partial charge on any atom is -0.496 e. The van der Waals surface area contributed by atoms with E-state index in [1.807, 2.05) is 42.5 Å². The highest BCUT2D eigenvalue weighted by molar-refractivity contribution is 7.18. The van der Waals surface area contributed by atoms with Crippen LogP contribution in [0.5, 0.6) is 16.7 Å². The Morgan fingerprint density at radius 2 is 1.97 bits per heavy atom. The number of imidazole rings is 1. The van der Waals surface area contributed by atoms with Crippen LogP contribution >= 0.6 is 11.3 Å². The minimum atomic E-state index is -0.0932. The number of ketones is 1. The van der Waals surface area contributed by atoms with Crippen molar-refractivity contribution < 1.29 is 23.4 Å². The van der Waals surface area contributed by atoms with E-state index in [2.05, 4.69) is 20.1 Å². The number of rotatable bonds is 9. The lowest BCUT2D eigenvalue weighted by Gasteiger charge is -2.10. The first-order chi connectivity index (χ1) is 18.6. The van der Waals surface area contributed by atoms with Gasteiger partial charge < -0.3 is 18.6 Å². The van der Waals surface area contributed by atoms with Gasteiger partial charge in [0.2, 0.25) is 4.96 Å². The summed E-state index contributed by atoms with van der Waals surface area (Å²) in [4.78, 5) is 25.9. The molecular weight excluding hydrogens is 506 g/mol. The Labute approximate surface area is 220 Å². The Kier molecular flexibility index (Phi) is 6.18. The average molecular weight is 528 g/mol. The molecule has 0 bridgehead atoms. The second-order valence-corrected chi connectivity index (χ2v) is 9.29. The van der Waals surface area contributed by atoms with E-state index in [0.29, 0.717) is 51.0 Å². The number of fused-ring (bicyclic) bond motifs is 2. The molecule has 6 rings (SSSR count). The fourth-order valence-corrected chi connectivity index (χ4v) is 4.74. The van der Waals surface area contributed by atoms with Crippen LogP contribution in [0.25, 0.3) is 27.4 Å². The summed E-state index contributed by atoms with van der Waals surface area (Å²) in [5.74, 6) is 1.70. The third kappa shape index (κ3) is 4.66. The highest BCUT2D eigenvalue weighted by Crippen LogP contribution is 2.37. The molecular formula is C27H21N5O5S. The lowest BCUT2D eigenvalue weighted by molar-refractivity contribution is 0.0987. The van der Waals surface area contributed by atoms with Crippen LogP contribution in [0.2, 0.25) is 0 Å². The normalized spacial score (nSPS) is 11.2. The Hall–Kier alpha value is -4.77. The predicted molar refractivity (Wildman–Crippen MR) is 140 cm³/mol. The lowest BCUT2D eigenvalue weighted by Crippen LogP contribution is -2.06. The van der Waals surface area contributed by atoms with Gasteiger partial charge >= 0.3 is 0 Å². The Bertz CT molecular complexity index is 1730. The van der Waals surface area contributed by atoms with Crippen molar-refractivity contribution in [2.45, 2.75) is 13.0 Å². The maximum atomic E-state index is 12.5. The van der Waals surface area contributed by atoms with Crippen molar-refractivity contribution in [3.63, 3.8) is 0 Å². The third-order valence-electron chi connectivity index (χ3n) is 5.86. The maximum absolute atomic E-state index is 12.5. The summed E-state index contributed by atoms with van der Waals surface area (Å²) < 4.78 is 24.6. The van der Waals surface area contributed by atoms with Crippen molar-refractivity contribution in [1.82, 2.24) is 24.6 Å². The number of benzene rings is 2. The van der Waals surface area contributed by atoms with Gasteiger partial charge in [0.15, 0.2) is 11.5 Å². The number of carbonyl (C=O) groups excluding carboxylic acids is 1. The van der Waals surface area contributed by atoms with Gasteiger partial charge in [-0.15, -0.1) is 5.10 Å². The minimum absolute atomic E-state index is 0.0932. The van der Waals surface area contributed by atoms with Gasteiger partial charge in [0.25, 0.3) is 5.19 Å². The van der Waals surface area contributed by atoms with E-state index >= 15 is 0 Å². The Balaban J connectivity index is 1.24. The first-order valence-electron chi connectivity index (χ1n) is 11.6. The number of hydrogen-bond donors (Lipinski definition) is 0. The predicted octanol–water partition coefficient (Wildman–Crippen LogP) is 5.02. The highest BCUT2D eigenvalue weighted by Gasteiger charge is 2.17. The average Bonchev–Trinajstić information content (AvgIpc) is 3.65. The number of furan rings is 1. The fraction of sp³-hybridized carbons (Fsp3) is 0.148. The van der Waals surface area contributed by atoms with Crippen molar-refractivity contribution in [1.29, 1.82) is 0 Å². The van der Waals surface area contributed by atoms with Crippen molar-refractivity contribution in [2.24, 2.45) is 0 Å². The van der Waals surface area contributed by atoms with Crippen molar-refractivity contribution in [3.05, 3.63) is 84.1 Å². The molecule has 2 aromatic carbocycles. The number of aromatic nitrogens is 5. The highest BCUT2D eigenvalue weighted by atomic mass is 32.1. The topological polar surface area (TPSA) is 114 Å². The monoisotopic (exact) mass is 527 g/mol. The molecule has 0 fully saturated rings. The van der Waals surface area contributed by atoms with Gasteiger partial charge in [-0.05, 0) is 28.5 Å². The summed E-state index contributed by atoms with van der Waals surface area (Å²) in [6.45, 7) is 0.292. The number of hydrogen-bond acceptors (Lipinski definition) is 10. The van der Waals surface area contributed by atoms with Gasteiger partial charge in [-0.3, -0.25) is 9.78 Å². The summed E-state index contributed by atoms with van der Waals surface area (Å²) in [5.41, 5.74) is 3.39. The van der Waals surface area contributed by atoms with Crippen LogP contribution in [0.4, 0.5) is 0 Å². The smallest absolute Gasteiger partial charge is 0.294 e. The molecule has 0 spiro atoms. The first kappa shape index (κ1) is 23.6.